The highest BCUT2D eigenvalue weighted by molar-refractivity contribution is 5.90. The van der Waals surface area contributed by atoms with Crippen LogP contribution in [0.5, 0.6) is 17.2 Å². The highest BCUT2D eigenvalue weighted by Gasteiger charge is 2.12. The van der Waals surface area contributed by atoms with Gasteiger partial charge in [0.2, 0.25) is 6.41 Å². The number of nitrogens with one attached hydrogen (secondary N) is 2. The Kier molecular flexibility index (Phi) is 10.5. The molecule has 186 valence electrons. The maximum Gasteiger partial charge on any atom is 0.339 e. The molecule has 35 heavy (non-hydrogen) atoms. The van der Waals surface area contributed by atoms with Crippen molar-refractivity contribution in [2.45, 2.75) is 25.5 Å². The van der Waals surface area contributed by atoms with E-state index in [0.29, 0.717) is 18.5 Å². The van der Waals surface area contributed by atoms with Crippen LogP contribution in [0.15, 0.2) is 66.7 Å². The van der Waals surface area contributed by atoms with Crippen LogP contribution < -0.4 is 15.4 Å². The Bertz CT molecular complexity index is 1100. The third-order valence-corrected chi connectivity index (χ3v) is 5.11. The molecule has 6 N–H and O–H groups in total. The monoisotopic (exact) mass is 482 g/mol. The zero-order valence-electron chi connectivity index (χ0n) is 19.5. The van der Waals surface area contributed by atoms with Gasteiger partial charge in [0.05, 0.1) is 18.9 Å². The maximum atomic E-state index is 10.5. The molecule has 0 fully saturated rings. The molecule has 0 spiro atoms. The van der Waals surface area contributed by atoms with E-state index < -0.39 is 12.1 Å². The van der Waals surface area contributed by atoms with Crippen LogP contribution in [0.2, 0.25) is 0 Å². The molecule has 9 nitrogen and oxygen atoms in total. The molecule has 3 aromatic rings. The van der Waals surface area contributed by atoms with Gasteiger partial charge < -0.3 is 35.8 Å². The highest BCUT2D eigenvalue weighted by atomic mass is 16.5. The molecule has 0 saturated heterocycles. The van der Waals surface area contributed by atoms with Gasteiger partial charge in [0.15, 0.2) is 0 Å². The number of ether oxygens (including phenoxy) is 1. The first-order valence-electron chi connectivity index (χ1n) is 10.8. The fourth-order valence-corrected chi connectivity index (χ4v) is 3.21. The number of para-hydroxylation sites is 1. The van der Waals surface area contributed by atoms with E-state index in [4.69, 9.17) is 14.9 Å². The van der Waals surface area contributed by atoms with Gasteiger partial charge in [0.1, 0.15) is 22.8 Å². The molecule has 1 amide bonds. The van der Waals surface area contributed by atoms with Crippen LogP contribution in [-0.4, -0.2) is 52.5 Å². The highest BCUT2D eigenvalue weighted by Crippen LogP contribution is 2.26. The standard InChI is InChI=1S/C19H24N2O4.C7H6O3/c1-13(9-14-3-6-16(25-2)7-4-14)20-11-19(24)15-5-8-18(23)17(10-15)21-12-22;8-6-4-2-1-3-5(6)7(9)10/h3-8,10,12-13,19-20,23-24H,9,11H2,1-2H3,(H,21,22);1-4,8H,(H,9,10). The number of benzene rings is 3. The predicted molar refractivity (Wildman–Crippen MR) is 132 cm³/mol. The summed E-state index contributed by atoms with van der Waals surface area (Å²) in [6, 6.07) is 18.5. The minimum absolute atomic E-state index is 0.0381. The molecule has 3 rings (SSSR count). The molecule has 2 atom stereocenters. The number of phenols is 2. The van der Waals surface area contributed by atoms with Crippen LogP contribution in [0.25, 0.3) is 0 Å². The van der Waals surface area contributed by atoms with Crippen LogP contribution in [0, 0.1) is 0 Å². The number of carboxylic acids is 1. The van der Waals surface area contributed by atoms with E-state index in [9.17, 15) is 19.8 Å². The van der Waals surface area contributed by atoms with Crippen LogP contribution in [0.4, 0.5) is 5.69 Å². The summed E-state index contributed by atoms with van der Waals surface area (Å²) >= 11 is 0. The lowest BCUT2D eigenvalue weighted by atomic mass is 10.1. The van der Waals surface area contributed by atoms with E-state index in [0.717, 1.165) is 12.2 Å². The summed E-state index contributed by atoms with van der Waals surface area (Å²) in [5.41, 5.74) is 2.00. The summed E-state index contributed by atoms with van der Waals surface area (Å²) in [7, 11) is 1.64. The summed E-state index contributed by atoms with van der Waals surface area (Å²) in [5, 5.41) is 43.0. The van der Waals surface area contributed by atoms with E-state index >= 15 is 0 Å². The number of hydrogen-bond acceptors (Lipinski definition) is 7. The van der Waals surface area contributed by atoms with Gasteiger partial charge in [-0.25, -0.2) is 4.79 Å². The van der Waals surface area contributed by atoms with Gasteiger partial charge >= 0.3 is 5.97 Å². The van der Waals surface area contributed by atoms with Gasteiger partial charge in [-0.05, 0) is 60.9 Å². The van der Waals surface area contributed by atoms with Gasteiger partial charge in [-0.1, -0.05) is 30.3 Å². The third-order valence-electron chi connectivity index (χ3n) is 5.11. The van der Waals surface area contributed by atoms with Crippen molar-refractivity contribution < 1.29 is 34.8 Å². The Labute approximate surface area is 203 Å². The lowest BCUT2D eigenvalue weighted by molar-refractivity contribution is -0.105. The molecule has 0 aliphatic rings. The second kappa shape index (κ2) is 13.6. The number of carboxylic acid groups (broad SMARTS) is 1. The van der Waals surface area contributed by atoms with E-state index in [1.807, 2.05) is 31.2 Å². The van der Waals surface area contributed by atoms with Crippen LogP contribution in [0.3, 0.4) is 0 Å². The number of aliphatic hydroxyl groups is 1. The van der Waals surface area contributed by atoms with E-state index in [-0.39, 0.29) is 28.8 Å². The van der Waals surface area contributed by atoms with Crippen molar-refractivity contribution in [2.24, 2.45) is 0 Å². The van der Waals surface area contributed by atoms with Crippen LogP contribution >= 0.6 is 0 Å². The zero-order chi connectivity index (χ0) is 25.8. The van der Waals surface area contributed by atoms with Gasteiger partial charge in [0.25, 0.3) is 0 Å². The number of aromatic hydroxyl groups is 2. The number of carbonyl (C=O) groups excluding carboxylic acids is 1. The predicted octanol–water partition coefficient (Wildman–Crippen LogP) is 3.31. The first-order valence-corrected chi connectivity index (χ1v) is 10.8. The fourth-order valence-electron chi connectivity index (χ4n) is 3.21. The van der Waals surface area contributed by atoms with Crippen LogP contribution in [-0.2, 0) is 11.2 Å². The number of methoxy groups -OCH3 is 1. The first kappa shape index (κ1) is 27.2. The van der Waals surface area contributed by atoms with Crippen molar-refractivity contribution in [3.05, 3.63) is 83.4 Å². The molecule has 0 aliphatic heterocycles. The van der Waals surface area contributed by atoms with Gasteiger partial charge in [0, 0.05) is 12.6 Å². The molecular formula is C26H30N2O7. The zero-order valence-corrected chi connectivity index (χ0v) is 19.5. The number of rotatable bonds is 10. The molecule has 2 unspecified atom stereocenters. The number of anilines is 1. The minimum atomic E-state index is -1.11. The van der Waals surface area contributed by atoms with Crippen molar-refractivity contribution in [3.63, 3.8) is 0 Å². The number of aliphatic hydroxyl groups excluding tert-OH is 1. The fraction of sp³-hybridized carbons (Fsp3) is 0.231. The second-order valence-electron chi connectivity index (χ2n) is 7.74. The van der Waals surface area contributed by atoms with E-state index in [2.05, 4.69) is 10.6 Å². The summed E-state index contributed by atoms with van der Waals surface area (Å²) < 4.78 is 5.14. The van der Waals surface area contributed by atoms with Gasteiger partial charge in [-0.3, -0.25) is 4.79 Å². The largest absolute Gasteiger partial charge is 0.507 e. The van der Waals surface area contributed by atoms with Crippen molar-refractivity contribution in [1.82, 2.24) is 5.32 Å². The van der Waals surface area contributed by atoms with Gasteiger partial charge in [-0.15, -0.1) is 0 Å². The summed E-state index contributed by atoms with van der Waals surface area (Å²) in [5.74, 6) is -0.524. The normalized spacial score (nSPS) is 12.0. The lowest BCUT2D eigenvalue weighted by Gasteiger charge is -2.18. The summed E-state index contributed by atoms with van der Waals surface area (Å²) in [6.07, 6.45) is 0.566. The van der Waals surface area contributed by atoms with E-state index in [1.54, 1.807) is 31.4 Å². The smallest absolute Gasteiger partial charge is 0.339 e. The van der Waals surface area contributed by atoms with Crippen molar-refractivity contribution in [1.29, 1.82) is 0 Å². The molecule has 0 aliphatic carbocycles. The maximum absolute atomic E-state index is 10.5. The van der Waals surface area contributed by atoms with Crippen molar-refractivity contribution in [3.8, 4) is 17.2 Å². The Balaban J connectivity index is 0.000000360. The van der Waals surface area contributed by atoms with Crippen molar-refractivity contribution in [2.75, 3.05) is 19.0 Å². The topological polar surface area (TPSA) is 148 Å². The number of phenolic OH excluding ortho intramolecular Hbond substituents is 1. The number of carbonyl (C=O) groups is 2. The van der Waals surface area contributed by atoms with E-state index in [1.165, 1.54) is 23.8 Å². The molecule has 0 saturated carbocycles. The lowest BCUT2D eigenvalue weighted by Crippen LogP contribution is -2.32. The molecule has 0 bridgehead atoms. The quantitative estimate of drug-likeness (QED) is 0.190. The molecule has 0 aromatic heterocycles. The molecule has 9 heteroatoms. The Hall–Kier alpha value is -4.08. The number of hydrogen-bond donors (Lipinski definition) is 6. The molecule has 0 radical (unpaired) electrons. The first-order chi connectivity index (χ1) is 16.7. The van der Waals surface area contributed by atoms with Gasteiger partial charge in [-0.2, -0.15) is 0 Å². The summed E-state index contributed by atoms with van der Waals surface area (Å²) in [4.78, 5) is 20.8. The molecule has 3 aromatic carbocycles. The Morgan fingerprint density at radius 2 is 1.71 bits per heavy atom. The summed E-state index contributed by atoms with van der Waals surface area (Å²) in [6.45, 7) is 2.41. The minimum Gasteiger partial charge on any atom is -0.507 e. The average Bonchev–Trinajstić information content (AvgIpc) is 2.85. The van der Waals surface area contributed by atoms with Crippen LogP contribution in [0.1, 0.15) is 34.5 Å². The Morgan fingerprint density at radius 1 is 1.03 bits per heavy atom. The number of amides is 1. The average molecular weight is 483 g/mol. The SMILES string of the molecule is COc1ccc(CC(C)NCC(O)c2ccc(O)c(NC=O)c2)cc1.O=C(O)c1ccccc1O. The Morgan fingerprint density at radius 3 is 2.29 bits per heavy atom. The second-order valence-corrected chi connectivity index (χ2v) is 7.74. The molecular weight excluding hydrogens is 452 g/mol. The van der Waals surface area contributed by atoms with Crippen molar-refractivity contribution >= 4 is 18.1 Å². The third kappa shape index (κ3) is 8.65. The number of aromatic carboxylic acids is 1. The molecule has 0 heterocycles.